The molecule has 6 heteroatoms. The van der Waals surface area contributed by atoms with Crippen molar-refractivity contribution in [1.82, 2.24) is 29.7 Å². The number of aryl methyl sites for hydroxylation is 1. The zero-order chi connectivity index (χ0) is 14.9. The summed E-state index contributed by atoms with van der Waals surface area (Å²) in [5.74, 6) is 0. The fourth-order valence-corrected chi connectivity index (χ4v) is 2.75. The molecule has 1 aliphatic rings. The highest BCUT2D eigenvalue weighted by Gasteiger charge is 2.29. The van der Waals surface area contributed by atoms with Crippen molar-refractivity contribution >= 4 is 0 Å². The standard InChI is InChI=1S/C16H18N6/c1-13-7-17-21(9-13)16-11-20(12-16)10-14-8-18-22(19-14)15-5-3-2-4-6-15/h2-9,16H,10-12H2,1H3. The Kier molecular flexibility index (Phi) is 3.23. The highest BCUT2D eigenvalue weighted by atomic mass is 15.5. The van der Waals surface area contributed by atoms with Crippen molar-refractivity contribution in [2.45, 2.75) is 19.5 Å². The highest BCUT2D eigenvalue weighted by molar-refractivity contribution is 5.28. The molecule has 1 aliphatic heterocycles. The number of nitrogens with zero attached hydrogens (tertiary/aromatic N) is 6. The second-order valence-electron chi connectivity index (χ2n) is 5.81. The van der Waals surface area contributed by atoms with Gasteiger partial charge in [-0.25, -0.2) is 0 Å². The number of likely N-dealkylation sites (tertiary alicyclic amines) is 1. The first-order chi connectivity index (χ1) is 10.8. The average Bonchev–Trinajstić information content (AvgIpc) is 3.12. The van der Waals surface area contributed by atoms with Crippen LogP contribution in [0.5, 0.6) is 0 Å². The van der Waals surface area contributed by atoms with E-state index in [4.69, 9.17) is 0 Å². The summed E-state index contributed by atoms with van der Waals surface area (Å²) in [7, 11) is 0. The molecule has 0 radical (unpaired) electrons. The van der Waals surface area contributed by atoms with E-state index in [0.717, 1.165) is 31.0 Å². The molecule has 6 nitrogen and oxygen atoms in total. The molecule has 0 N–H and O–H groups in total. The van der Waals surface area contributed by atoms with Crippen LogP contribution in [-0.4, -0.2) is 42.8 Å². The van der Waals surface area contributed by atoms with E-state index in [2.05, 4.69) is 38.0 Å². The third kappa shape index (κ3) is 2.53. The van der Waals surface area contributed by atoms with Gasteiger partial charge in [0.1, 0.15) is 0 Å². The molecule has 4 rings (SSSR count). The van der Waals surface area contributed by atoms with Crippen molar-refractivity contribution in [3.8, 4) is 5.69 Å². The summed E-state index contributed by atoms with van der Waals surface area (Å²) in [6, 6.07) is 10.5. The van der Waals surface area contributed by atoms with Crippen LogP contribution >= 0.6 is 0 Å². The van der Waals surface area contributed by atoms with Crippen molar-refractivity contribution in [2.75, 3.05) is 13.1 Å². The zero-order valence-corrected chi connectivity index (χ0v) is 12.5. The van der Waals surface area contributed by atoms with Gasteiger partial charge in [0.05, 0.1) is 29.8 Å². The molecule has 3 aromatic rings. The van der Waals surface area contributed by atoms with E-state index in [0.29, 0.717) is 6.04 Å². The number of aromatic nitrogens is 5. The smallest absolute Gasteiger partial charge is 0.0971 e. The summed E-state index contributed by atoms with van der Waals surface area (Å²) in [6.45, 7) is 4.93. The lowest BCUT2D eigenvalue weighted by atomic mass is 10.1. The number of hydrogen-bond donors (Lipinski definition) is 0. The van der Waals surface area contributed by atoms with Crippen LogP contribution in [0.15, 0.2) is 48.9 Å². The van der Waals surface area contributed by atoms with Gasteiger partial charge in [0.2, 0.25) is 0 Å². The van der Waals surface area contributed by atoms with Gasteiger partial charge in [0, 0.05) is 25.8 Å². The van der Waals surface area contributed by atoms with Crippen LogP contribution in [0.4, 0.5) is 0 Å². The minimum atomic E-state index is 0.484. The Morgan fingerprint density at radius 3 is 2.64 bits per heavy atom. The third-order valence-corrected chi connectivity index (χ3v) is 3.95. The first-order valence-corrected chi connectivity index (χ1v) is 7.48. The normalized spacial score (nSPS) is 15.9. The molecular formula is C16H18N6. The molecule has 2 aromatic heterocycles. The Balaban J connectivity index is 1.37. The molecule has 1 aromatic carbocycles. The molecule has 22 heavy (non-hydrogen) atoms. The van der Waals surface area contributed by atoms with E-state index < -0.39 is 0 Å². The van der Waals surface area contributed by atoms with E-state index in [1.54, 1.807) is 4.80 Å². The lowest BCUT2D eigenvalue weighted by molar-refractivity contribution is 0.0894. The van der Waals surface area contributed by atoms with Gasteiger partial charge < -0.3 is 0 Å². The maximum atomic E-state index is 4.55. The van der Waals surface area contributed by atoms with Gasteiger partial charge in [-0.05, 0) is 24.6 Å². The molecule has 0 bridgehead atoms. The minimum Gasteiger partial charge on any atom is -0.293 e. The molecule has 0 saturated carbocycles. The fourth-order valence-electron chi connectivity index (χ4n) is 2.75. The van der Waals surface area contributed by atoms with Gasteiger partial charge in [0.15, 0.2) is 0 Å². The van der Waals surface area contributed by atoms with Crippen LogP contribution < -0.4 is 0 Å². The van der Waals surface area contributed by atoms with Crippen LogP contribution in [-0.2, 0) is 6.54 Å². The second kappa shape index (κ2) is 5.38. The van der Waals surface area contributed by atoms with Crippen LogP contribution in [0.2, 0.25) is 0 Å². The number of para-hydroxylation sites is 1. The van der Waals surface area contributed by atoms with Crippen molar-refractivity contribution < 1.29 is 0 Å². The van der Waals surface area contributed by atoms with Crippen LogP contribution in [0.25, 0.3) is 5.69 Å². The predicted molar refractivity (Wildman–Crippen MR) is 82.6 cm³/mol. The first-order valence-electron chi connectivity index (χ1n) is 7.48. The summed E-state index contributed by atoms with van der Waals surface area (Å²) in [5.41, 5.74) is 3.20. The van der Waals surface area contributed by atoms with E-state index in [-0.39, 0.29) is 0 Å². The van der Waals surface area contributed by atoms with Gasteiger partial charge >= 0.3 is 0 Å². The fraction of sp³-hybridized carbons (Fsp3) is 0.312. The second-order valence-corrected chi connectivity index (χ2v) is 5.81. The van der Waals surface area contributed by atoms with Crippen molar-refractivity contribution in [1.29, 1.82) is 0 Å². The van der Waals surface area contributed by atoms with E-state index in [1.165, 1.54) is 5.56 Å². The van der Waals surface area contributed by atoms with Crippen LogP contribution in [0.3, 0.4) is 0 Å². The van der Waals surface area contributed by atoms with E-state index in [1.807, 2.05) is 42.7 Å². The summed E-state index contributed by atoms with van der Waals surface area (Å²) >= 11 is 0. The quantitative estimate of drug-likeness (QED) is 0.736. The Hall–Kier alpha value is -2.47. The SMILES string of the molecule is Cc1cnn(C2CN(Cc3cnn(-c4ccccc4)n3)C2)c1. The van der Waals surface area contributed by atoms with Crippen LogP contribution in [0.1, 0.15) is 17.3 Å². The van der Waals surface area contributed by atoms with Gasteiger partial charge in [-0.3, -0.25) is 9.58 Å². The summed E-state index contributed by atoms with van der Waals surface area (Å²) < 4.78 is 2.06. The predicted octanol–water partition coefficient (Wildman–Crippen LogP) is 1.83. The number of hydrogen-bond acceptors (Lipinski definition) is 4. The first kappa shape index (κ1) is 13.2. The largest absolute Gasteiger partial charge is 0.293 e. The van der Waals surface area contributed by atoms with Crippen molar-refractivity contribution in [2.24, 2.45) is 0 Å². The maximum Gasteiger partial charge on any atom is 0.0971 e. The summed E-state index contributed by atoms with van der Waals surface area (Å²) in [5, 5.41) is 13.3. The number of benzene rings is 1. The minimum absolute atomic E-state index is 0.484. The topological polar surface area (TPSA) is 51.8 Å². The molecule has 1 saturated heterocycles. The Morgan fingerprint density at radius 1 is 1.09 bits per heavy atom. The molecule has 0 amide bonds. The van der Waals surface area contributed by atoms with E-state index >= 15 is 0 Å². The van der Waals surface area contributed by atoms with Gasteiger partial charge in [-0.1, -0.05) is 18.2 Å². The monoisotopic (exact) mass is 294 g/mol. The van der Waals surface area contributed by atoms with Gasteiger partial charge in [0.25, 0.3) is 0 Å². The number of rotatable bonds is 4. The molecule has 0 aliphatic carbocycles. The lowest BCUT2D eigenvalue weighted by Crippen LogP contribution is -2.47. The molecule has 0 atom stereocenters. The van der Waals surface area contributed by atoms with Crippen molar-refractivity contribution in [3.63, 3.8) is 0 Å². The van der Waals surface area contributed by atoms with Crippen LogP contribution in [0, 0.1) is 6.92 Å². The maximum absolute atomic E-state index is 4.55. The highest BCUT2D eigenvalue weighted by Crippen LogP contribution is 2.22. The molecule has 112 valence electrons. The third-order valence-electron chi connectivity index (χ3n) is 3.95. The van der Waals surface area contributed by atoms with Crippen molar-refractivity contribution in [3.05, 3.63) is 60.2 Å². The van der Waals surface area contributed by atoms with Gasteiger partial charge in [-0.2, -0.15) is 20.1 Å². The molecular weight excluding hydrogens is 276 g/mol. The summed E-state index contributed by atoms with van der Waals surface area (Å²) in [6.07, 6.45) is 5.86. The lowest BCUT2D eigenvalue weighted by Gasteiger charge is -2.38. The molecule has 1 fully saturated rings. The molecule has 0 spiro atoms. The molecule has 3 heterocycles. The van der Waals surface area contributed by atoms with E-state index in [9.17, 15) is 0 Å². The Labute approximate surface area is 129 Å². The van der Waals surface area contributed by atoms with Gasteiger partial charge in [-0.15, -0.1) is 0 Å². The Bertz CT molecular complexity index is 754. The average molecular weight is 294 g/mol. The summed E-state index contributed by atoms with van der Waals surface area (Å²) in [4.78, 5) is 4.05. The zero-order valence-electron chi connectivity index (χ0n) is 12.5. The Morgan fingerprint density at radius 2 is 1.91 bits per heavy atom. The molecule has 0 unspecified atom stereocenters.